The number of aryl methyl sites for hydroxylation is 1. The highest BCUT2D eigenvalue weighted by Gasteiger charge is 2.27. The van der Waals surface area contributed by atoms with Crippen molar-refractivity contribution < 1.29 is 9.32 Å². The summed E-state index contributed by atoms with van der Waals surface area (Å²) in [5.74, 6) is 0.301. The molecule has 0 saturated heterocycles. The van der Waals surface area contributed by atoms with Gasteiger partial charge in [-0.3, -0.25) is 4.79 Å². The summed E-state index contributed by atoms with van der Waals surface area (Å²) >= 11 is 0. The Balaban J connectivity index is 3.05. The minimum Gasteiger partial charge on any atom is -0.360 e. The summed E-state index contributed by atoms with van der Waals surface area (Å²) < 4.78 is 5.13. The maximum absolute atomic E-state index is 12.1. The van der Waals surface area contributed by atoms with Crippen molar-refractivity contribution in [2.45, 2.75) is 46.1 Å². The second-order valence-electron chi connectivity index (χ2n) is 4.85. The molecule has 0 aliphatic rings. The Kier molecular flexibility index (Phi) is 3.56. The van der Waals surface area contributed by atoms with E-state index < -0.39 is 5.54 Å². The molecule has 0 aromatic carbocycles. The van der Waals surface area contributed by atoms with Crippen molar-refractivity contribution in [2.75, 3.05) is 0 Å². The molecule has 0 radical (unpaired) electrons. The molecular weight excluding hydrogens is 218 g/mol. The fraction of sp³-hybridized carbons (Fsp3) is 0.583. The monoisotopic (exact) mass is 235 g/mol. The Morgan fingerprint density at radius 1 is 1.53 bits per heavy atom. The number of hydrogen-bond donors (Lipinski definition) is 1. The SMILES string of the molecule is Cc1noc(C(C)C)c1C(=O)NC(C)(C)C#N. The van der Waals surface area contributed by atoms with Crippen LogP contribution in [0.2, 0.25) is 0 Å². The largest absolute Gasteiger partial charge is 0.360 e. The molecule has 1 N–H and O–H groups in total. The van der Waals surface area contributed by atoms with Crippen LogP contribution in [0.4, 0.5) is 0 Å². The van der Waals surface area contributed by atoms with Crippen LogP contribution < -0.4 is 5.32 Å². The number of nitriles is 1. The maximum atomic E-state index is 12.1. The average Bonchev–Trinajstić information content (AvgIpc) is 2.59. The van der Waals surface area contributed by atoms with Crippen LogP contribution in [0.3, 0.4) is 0 Å². The van der Waals surface area contributed by atoms with Gasteiger partial charge in [-0.15, -0.1) is 0 Å². The molecule has 0 atom stereocenters. The maximum Gasteiger partial charge on any atom is 0.258 e. The van der Waals surface area contributed by atoms with Gasteiger partial charge in [-0.25, -0.2) is 0 Å². The standard InChI is InChI=1S/C12H17N3O2/c1-7(2)10-9(8(3)15-17-10)11(16)14-12(4,5)6-13/h7H,1-5H3,(H,14,16). The number of hydrogen-bond acceptors (Lipinski definition) is 4. The molecule has 0 aliphatic carbocycles. The van der Waals surface area contributed by atoms with Crippen LogP contribution in [-0.2, 0) is 0 Å². The number of amides is 1. The molecule has 5 heteroatoms. The number of carbonyl (C=O) groups is 1. The van der Waals surface area contributed by atoms with Gasteiger partial charge < -0.3 is 9.84 Å². The summed E-state index contributed by atoms with van der Waals surface area (Å²) in [5, 5.41) is 15.3. The first-order chi connectivity index (χ1) is 7.78. The molecule has 0 saturated carbocycles. The van der Waals surface area contributed by atoms with E-state index in [9.17, 15) is 4.79 Å². The molecule has 0 spiro atoms. The van der Waals surface area contributed by atoms with Gasteiger partial charge in [0, 0.05) is 5.92 Å². The average molecular weight is 235 g/mol. The zero-order chi connectivity index (χ0) is 13.2. The summed E-state index contributed by atoms with van der Waals surface area (Å²) in [6.45, 7) is 8.84. The van der Waals surface area contributed by atoms with E-state index in [4.69, 9.17) is 9.78 Å². The van der Waals surface area contributed by atoms with Crippen molar-refractivity contribution in [2.24, 2.45) is 0 Å². The summed E-state index contributed by atoms with van der Waals surface area (Å²) in [7, 11) is 0. The molecule has 0 fully saturated rings. The fourth-order valence-corrected chi connectivity index (χ4v) is 1.43. The molecule has 92 valence electrons. The van der Waals surface area contributed by atoms with Gasteiger partial charge >= 0.3 is 0 Å². The summed E-state index contributed by atoms with van der Waals surface area (Å²) in [6.07, 6.45) is 0. The van der Waals surface area contributed by atoms with Crippen molar-refractivity contribution >= 4 is 5.91 Å². The molecule has 1 rings (SSSR count). The van der Waals surface area contributed by atoms with Gasteiger partial charge in [-0.1, -0.05) is 19.0 Å². The zero-order valence-electron chi connectivity index (χ0n) is 10.8. The Morgan fingerprint density at radius 2 is 2.12 bits per heavy atom. The van der Waals surface area contributed by atoms with Crippen LogP contribution in [0.15, 0.2) is 4.52 Å². The number of nitrogens with one attached hydrogen (secondary N) is 1. The van der Waals surface area contributed by atoms with E-state index >= 15 is 0 Å². The van der Waals surface area contributed by atoms with Gasteiger partial charge in [0.15, 0.2) is 5.76 Å². The van der Waals surface area contributed by atoms with Gasteiger partial charge in [-0.05, 0) is 20.8 Å². The lowest BCUT2D eigenvalue weighted by molar-refractivity contribution is 0.0926. The van der Waals surface area contributed by atoms with Crippen LogP contribution in [0.1, 0.15) is 55.4 Å². The van der Waals surface area contributed by atoms with E-state index in [-0.39, 0.29) is 11.8 Å². The normalized spacial score (nSPS) is 11.4. The lowest BCUT2D eigenvalue weighted by Gasteiger charge is -2.17. The van der Waals surface area contributed by atoms with Crippen LogP contribution in [0.5, 0.6) is 0 Å². The first kappa shape index (κ1) is 13.2. The molecule has 1 heterocycles. The lowest BCUT2D eigenvalue weighted by Crippen LogP contribution is -2.42. The van der Waals surface area contributed by atoms with Gasteiger partial charge in [0.1, 0.15) is 11.1 Å². The number of nitrogens with zero attached hydrogens (tertiary/aromatic N) is 2. The van der Waals surface area contributed by atoms with Crippen LogP contribution in [0.25, 0.3) is 0 Å². The molecule has 1 aromatic rings. The number of aromatic nitrogens is 1. The van der Waals surface area contributed by atoms with Gasteiger partial charge in [0.05, 0.1) is 11.8 Å². The molecule has 1 aromatic heterocycles. The summed E-state index contributed by atoms with van der Waals surface area (Å²) in [5.41, 5.74) is 0.0675. The van der Waals surface area contributed by atoms with Crippen molar-refractivity contribution in [3.8, 4) is 6.07 Å². The van der Waals surface area contributed by atoms with Crippen molar-refractivity contribution in [3.63, 3.8) is 0 Å². The van der Waals surface area contributed by atoms with Crippen molar-refractivity contribution in [3.05, 3.63) is 17.0 Å². The molecular formula is C12H17N3O2. The quantitative estimate of drug-likeness (QED) is 0.870. The van der Waals surface area contributed by atoms with E-state index in [0.717, 1.165) is 0 Å². The molecule has 17 heavy (non-hydrogen) atoms. The highest BCUT2D eigenvalue weighted by molar-refractivity contribution is 5.96. The second kappa shape index (κ2) is 4.58. The Bertz CT molecular complexity index is 467. The highest BCUT2D eigenvalue weighted by atomic mass is 16.5. The Morgan fingerprint density at radius 3 is 2.59 bits per heavy atom. The van der Waals surface area contributed by atoms with Gasteiger partial charge in [0.2, 0.25) is 0 Å². The first-order valence-corrected chi connectivity index (χ1v) is 5.48. The Hall–Kier alpha value is -1.83. The third-order valence-corrected chi connectivity index (χ3v) is 2.35. The minimum absolute atomic E-state index is 0.0714. The van der Waals surface area contributed by atoms with E-state index in [1.165, 1.54) is 0 Å². The van der Waals surface area contributed by atoms with Crippen LogP contribution in [-0.4, -0.2) is 16.6 Å². The lowest BCUT2D eigenvalue weighted by atomic mass is 10.0. The highest BCUT2D eigenvalue weighted by Crippen LogP contribution is 2.22. The number of rotatable bonds is 3. The van der Waals surface area contributed by atoms with Crippen LogP contribution in [0, 0.1) is 18.3 Å². The van der Waals surface area contributed by atoms with Crippen LogP contribution >= 0.6 is 0 Å². The van der Waals surface area contributed by atoms with E-state index in [0.29, 0.717) is 17.0 Å². The van der Waals surface area contributed by atoms with Crippen molar-refractivity contribution in [1.29, 1.82) is 5.26 Å². The van der Waals surface area contributed by atoms with Crippen molar-refractivity contribution in [1.82, 2.24) is 10.5 Å². The molecule has 0 bridgehead atoms. The third kappa shape index (κ3) is 2.84. The summed E-state index contributed by atoms with van der Waals surface area (Å²) in [6, 6.07) is 2.02. The molecule has 0 unspecified atom stereocenters. The number of carbonyl (C=O) groups excluding carboxylic acids is 1. The topological polar surface area (TPSA) is 78.9 Å². The van der Waals surface area contributed by atoms with E-state index in [1.807, 2.05) is 19.9 Å². The first-order valence-electron chi connectivity index (χ1n) is 5.48. The Labute approximate surface area is 101 Å². The predicted octanol–water partition coefficient (Wildman–Crippen LogP) is 2.14. The predicted molar refractivity (Wildman–Crippen MR) is 62.5 cm³/mol. The second-order valence-corrected chi connectivity index (χ2v) is 4.85. The minimum atomic E-state index is -0.908. The third-order valence-electron chi connectivity index (χ3n) is 2.35. The zero-order valence-corrected chi connectivity index (χ0v) is 10.8. The van der Waals surface area contributed by atoms with Gasteiger partial charge in [0.25, 0.3) is 5.91 Å². The fourth-order valence-electron chi connectivity index (χ4n) is 1.43. The van der Waals surface area contributed by atoms with Gasteiger partial charge in [-0.2, -0.15) is 5.26 Å². The van der Waals surface area contributed by atoms with E-state index in [2.05, 4.69) is 10.5 Å². The summed E-state index contributed by atoms with van der Waals surface area (Å²) in [4.78, 5) is 12.1. The molecule has 1 amide bonds. The smallest absolute Gasteiger partial charge is 0.258 e. The molecule has 0 aliphatic heterocycles. The molecule has 5 nitrogen and oxygen atoms in total. The van der Waals surface area contributed by atoms with E-state index in [1.54, 1.807) is 20.8 Å².